The Bertz CT molecular complexity index is 1290. The molecule has 0 spiro atoms. The molecule has 206 valence electrons. The van der Waals surface area contributed by atoms with Crippen molar-refractivity contribution in [1.82, 2.24) is 15.0 Å². The van der Waals surface area contributed by atoms with Gasteiger partial charge in [0.05, 0.1) is 38.2 Å². The maximum absolute atomic E-state index is 6.27. The number of aliphatic imine (C=N–C) groups is 1. The monoisotopic (exact) mass is 532 g/mol. The molecule has 39 heavy (non-hydrogen) atoms. The molecule has 2 fully saturated rings. The third kappa shape index (κ3) is 6.63. The lowest BCUT2D eigenvalue weighted by Gasteiger charge is -2.37. The summed E-state index contributed by atoms with van der Waals surface area (Å²) in [7, 11) is 3.39. The van der Waals surface area contributed by atoms with Crippen molar-refractivity contribution in [3.8, 4) is 22.9 Å². The molecule has 10 nitrogen and oxygen atoms in total. The van der Waals surface area contributed by atoms with Crippen LogP contribution in [0.15, 0.2) is 47.6 Å². The Morgan fingerprint density at radius 1 is 1.05 bits per heavy atom. The van der Waals surface area contributed by atoms with Crippen molar-refractivity contribution in [2.24, 2.45) is 4.99 Å². The number of morpholine rings is 1. The predicted octanol–water partition coefficient (Wildman–Crippen LogP) is 4.51. The van der Waals surface area contributed by atoms with Gasteiger partial charge in [-0.3, -0.25) is 4.99 Å². The van der Waals surface area contributed by atoms with Gasteiger partial charge in [0.15, 0.2) is 0 Å². The molecule has 0 saturated carbocycles. The fourth-order valence-corrected chi connectivity index (χ4v) is 4.99. The predicted molar refractivity (Wildman–Crippen MR) is 152 cm³/mol. The molecule has 2 saturated heterocycles. The van der Waals surface area contributed by atoms with Gasteiger partial charge in [-0.1, -0.05) is 0 Å². The van der Waals surface area contributed by atoms with Crippen LogP contribution in [0, 0.1) is 0 Å². The summed E-state index contributed by atoms with van der Waals surface area (Å²) in [5.41, 5.74) is 3.55. The highest BCUT2D eigenvalue weighted by molar-refractivity contribution is 5.86. The number of anilines is 3. The van der Waals surface area contributed by atoms with Crippen LogP contribution in [0.4, 0.5) is 17.5 Å². The van der Waals surface area contributed by atoms with E-state index in [-0.39, 0.29) is 18.3 Å². The van der Waals surface area contributed by atoms with Crippen molar-refractivity contribution in [1.29, 1.82) is 0 Å². The van der Waals surface area contributed by atoms with Crippen molar-refractivity contribution in [2.45, 2.75) is 45.0 Å². The molecule has 1 aromatic carbocycles. The van der Waals surface area contributed by atoms with E-state index in [0.717, 1.165) is 67.4 Å². The molecule has 2 aromatic heterocycles. The molecule has 2 aliphatic rings. The standard InChI is InChI=1S/C29H36N6O4/c1-19-17-35(18-20(2)38-19)25-6-8-27(33-28(25)36-4)34-29-31-12-9-24(32-29)21-5-7-26(22(15-21)16-30-3)39-23-10-13-37-14-11-23/h5-9,12,15-16,19-20,23H,10-11,13-14,17-18H2,1-4H3,(H,31,32,33,34)/t19-,20+. The summed E-state index contributed by atoms with van der Waals surface area (Å²) in [5, 5.41) is 3.22. The Morgan fingerprint density at radius 2 is 1.85 bits per heavy atom. The first kappa shape index (κ1) is 26.8. The number of nitrogens with one attached hydrogen (secondary N) is 1. The van der Waals surface area contributed by atoms with Crippen LogP contribution in [-0.4, -0.2) is 79.9 Å². The highest BCUT2D eigenvalue weighted by Gasteiger charge is 2.25. The van der Waals surface area contributed by atoms with Gasteiger partial charge in [0.2, 0.25) is 11.8 Å². The molecule has 0 bridgehead atoms. The zero-order valence-corrected chi connectivity index (χ0v) is 23.0. The first-order chi connectivity index (χ1) is 19.0. The summed E-state index contributed by atoms with van der Waals surface area (Å²) < 4.78 is 23.2. The van der Waals surface area contributed by atoms with E-state index >= 15 is 0 Å². The summed E-state index contributed by atoms with van der Waals surface area (Å²) in [6.07, 6.45) is 5.73. The summed E-state index contributed by atoms with van der Waals surface area (Å²) in [4.78, 5) is 20.3. The van der Waals surface area contributed by atoms with Gasteiger partial charge in [-0.25, -0.2) is 9.97 Å². The van der Waals surface area contributed by atoms with E-state index in [0.29, 0.717) is 17.6 Å². The minimum absolute atomic E-state index is 0.138. The van der Waals surface area contributed by atoms with Crippen molar-refractivity contribution < 1.29 is 18.9 Å². The average Bonchev–Trinajstić information content (AvgIpc) is 2.94. The SMILES string of the molecule is CN=Cc1cc(-c2ccnc(Nc3ccc(N4C[C@@H](C)O[C@@H](C)C4)c(OC)n3)n2)ccc1OC1CCOCC1. The zero-order valence-electron chi connectivity index (χ0n) is 23.0. The summed E-state index contributed by atoms with van der Waals surface area (Å²) >= 11 is 0. The zero-order chi connectivity index (χ0) is 27.2. The van der Waals surface area contributed by atoms with Crippen molar-refractivity contribution >= 4 is 23.7 Å². The lowest BCUT2D eigenvalue weighted by atomic mass is 10.1. The van der Waals surface area contributed by atoms with Crippen LogP contribution in [0.3, 0.4) is 0 Å². The lowest BCUT2D eigenvalue weighted by molar-refractivity contribution is -0.00535. The van der Waals surface area contributed by atoms with Gasteiger partial charge in [0, 0.05) is 56.5 Å². The largest absolute Gasteiger partial charge is 0.490 e. The third-order valence-electron chi connectivity index (χ3n) is 6.72. The topological polar surface area (TPSA) is 103 Å². The molecule has 5 rings (SSSR count). The van der Waals surface area contributed by atoms with Crippen molar-refractivity contribution in [2.75, 3.05) is 50.7 Å². The number of benzene rings is 1. The fraction of sp³-hybridized carbons (Fsp3) is 0.448. The van der Waals surface area contributed by atoms with Gasteiger partial charge in [-0.15, -0.1) is 0 Å². The molecule has 0 aliphatic carbocycles. The molecular formula is C29H36N6O4. The molecule has 10 heteroatoms. The van der Waals surface area contributed by atoms with E-state index in [9.17, 15) is 0 Å². The van der Waals surface area contributed by atoms with Gasteiger partial charge in [-0.05, 0) is 50.2 Å². The van der Waals surface area contributed by atoms with Crippen LogP contribution >= 0.6 is 0 Å². The van der Waals surface area contributed by atoms with Gasteiger partial charge in [0.1, 0.15) is 23.4 Å². The Hall–Kier alpha value is -3.76. The van der Waals surface area contributed by atoms with Gasteiger partial charge >= 0.3 is 0 Å². The number of rotatable bonds is 8. The second-order valence-electron chi connectivity index (χ2n) is 9.85. The van der Waals surface area contributed by atoms with Crippen LogP contribution in [0.2, 0.25) is 0 Å². The van der Waals surface area contributed by atoms with Crippen LogP contribution in [0.1, 0.15) is 32.3 Å². The van der Waals surface area contributed by atoms with E-state index in [1.165, 1.54) is 0 Å². The number of ether oxygens (including phenoxy) is 4. The van der Waals surface area contributed by atoms with Crippen molar-refractivity contribution in [3.05, 3.63) is 48.2 Å². The number of hydrogen-bond donors (Lipinski definition) is 1. The van der Waals surface area contributed by atoms with Gasteiger partial charge in [0.25, 0.3) is 0 Å². The molecule has 2 aliphatic heterocycles. The van der Waals surface area contributed by atoms with Crippen LogP contribution < -0.4 is 19.7 Å². The number of aromatic nitrogens is 3. The summed E-state index contributed by atoms with van der Waals surface area (Å²) in [5.74, 6) is 2.39. The van der Waals surface area contributed by atoms with Crippen molar-refractivity contribution in [3.63, 3.8) is 0 Å². The number of nitrogens with zero attached hydrogens (tertiary/aromatic N) is 5. The Balaban J connectivity index is 1.34. The fourth-order valence-electron chi connectivity index (χ4n) is 4.99. The molecular weight excluding hydrogens is 496 g/mol. The average molecular weight is 533 g/mol. The van der Waals surface area contributed by atoms with Gasteiger partial charge < -0.3 is 29.2 Å². The molecule has 0 amide bonds. The maximum atomic E-state index is 6.27. The van der Waals surface area contributed by atoms with E-state index in [1.54, 1.807) is 20.4 Å². The molecule has 0 unspecified atom stereocenters. The number of hydrogen-bond acceptors (Lipinski definition) is 10. The highest BCUT2D eigenvalue weighted by Crippen LogP contribution is 2.32. The first-order valence-electron chi connectivity index (χ1n) is 13.4. The van der Waals surface area contributed by atoms with Crippen LogP contribution in [0.5, 0.6) is 11.6 Å². The molecule has 1 N–H and O–H groups in total. The third-order valence-corrected chi connectivity index (χ3v) is 6.72. The summed E-state index contributed by atoms with van der Waals surface area (Å²) in [6.45, 7) is 7.17. The van der Waals surface area contributed by atoms with Crippen LogP contribution in [0.25, 0.3) is 11.3 Å². The van der Waals surface area contributed by atoms with E-state index in [2.05, 4.69) is 39.0 Å². The van der Waals surface area contributed by atoms with E-state index in [4.69, 9.17) is 23.9 Å². The Kier molecular flexibility index (Phi) is 8.53. The van der Waals surface area contributed by atoms with Gasteiger partial charge in [-0.2, -0.15) is 4.98 Å². The first-order valence-corrected chi connectivity index (χ1v) is 13.4. The molecule has 0 radical (unpaired) electrons. The quantitative estimate of drug-likeness (QED) is 0.420. The Labute approximate surface area is 229 Å². The second-order valence-corrected chi connectivity index (χ2v) is 9.85. The second kappa shape index (κ2) is 12.4. The number of pyridine rings is 1. The van der Waals surface area contributed by atoms with Crippen LogP contribution in [-0.2, 0) is 9.47 Å². The maximum Gasteiger partial charge on any atom is 0.239 e. The smallest absolute Gasteiger partial charge is 0.239 e. The Morgan fingerprint density at radius 3 is 2.59 bits per heavy atom. The normalized spacial score (nSPS) is 20.3. The molecule has 2 atom stereocenters. The highest BCUT2D eigenvalue weighted by atomic mass is 16.5. The minimum atomic E-state index is 0.138. The minimum Gasteiger partial charge on any atom is -0.490 e. The summed E-state index contributed by atoms with van der Waals surface area (Å²) in [6, 6.07) is 11.8. The molecule has 3 aromatic rings. The van der Waals surface area contributed by atoms with E-state index in [1.807, 2.05) is 42.6 Å². The lowest BCUT2D eigenvalue weighted by Crippen LogP contribution is -2.45. The number of methoxy groups -OCH3 is 1. The van der Waals surface area contributed by atoms with E-state index < -0.39 is 0 Å². The molecule has 4 heterocycles.